The van der Waals surface area contributed by atoms with E-state index in [1.54, 1.807) is 7.05 Å². The highest BCUT2D eigenvalue weighted by molar-refractivity contribution is 5.54. The lowest BCUT2D eigenvalue weighted by atomic mass is 10.0. The van der Waals surface area contributed by atoms with E-state index < -0.39 is 11.2 Å². The maximum absolute atomic E-state index is 12.3. The standard InChI is InChI=1S/C18H21N5O2/c1-21-16(15(11-19)17(24)22(2)18(21)25)23-10-6-9-14(12-23)20-13-7-4-3-5-8-13/h3-5,7-8,14,20H,6,9-10,12H2,1-2H3. The van der Waals surface area contributed by atoms with Crippen LogP contribution in [0.4, 0.5) is 11.5 Å². The van der Waals surface area contributed by atoms with Gasteiger partial charge in [-0.05, 0) is 25.0 Å². The summed E-state index contributed by atoms with van der Waals surface area (Å²) >= 11 is 0. The predicted octanol–water partition coefficient (Wildman–Crippen LogP) is 1.04. The number of anilines is 2. The van der Waals surface area contributed by atoms with Crippen LogP contribution in [0.1, 0.15) is 18.4 Å². The molecule has 0 radical (unpaired) electrons. The summed E-state index contributed by atoms with van der Waals surface area (Å²) in [6.45, 7) is 1.34. The molecule has 1 unspecified atom stereocenters. The van der Waals surface area contributed by atoms with Gasteiger partial charge in [0.1, 0.15) is 11.9 Å². The van der Waals surface area contributed by atoms with Crippen molar-refractivity contribution in [1.29, 1.82) is 5.26 Å². The maximum Gasteiger partial charge on any atom is 0.332 e. The molecule has 25 heavy (non-hydrogen) atoms. The zero-order valence-electron chi connectivity index (χ0n) is 14.4. The van der Waals surface area contributed by atoms with Crippen LogP contribution < -0.4 is 21.5 Å². The molecule has 3 rings (SSSR count). The Kier molecular flexibility index (Phi) is 4.61. The molecule has 1 aromatic heterocycles. The Bertz CT molecular complexity index is 923. The summed E-state index contributed by atoms with van der Waals surface area (Å²) < 4.78 is 2.37. The molecule has 2 aromatic rings. The number of hydrogen-bond donors (Lipinski definition) is 1. The van der Waals surface area contributed by atoms with Crippen LogP contribution in [0.15, 0.2) is 39.9 Å². The number of hydrogen-bond acceptors (Lipinski definition) is 5. The highest BCUT2D eigenvalue weighted by Gasteiger charge is 2.26. The smallest absolute Gasteiger partial charge is 0.332 e. The van der Waals surface area contributed by atoms with Gasteiger partial charge < -0.3 is 10.2 Å². The van der Waals surface area contributed by atoms with E-state index in [0.717, 1.165) is 23.1 Å². The summed E-state index contributed by atoms with van der Waals surface area (Å²) in [7, 11) is 3.00. The van der Waals surface area contributed by atoms with Crippen molar-refractivity contribution in [3.8, 4) is 6.07 Å². The molecule has 0 amide bonds. The normalized spacial score (nSPS) is 17.2. The van der Waals surface area contributed by atoms with Crippen LogP contribution in [0.2, 0.25) is 0 Å². The fraction of sp³-hybridized carbons (Fsp3) is 0.389. The summed E-state index contributed by atoms with van der Waals surface area (Å²) in [4.78, 5) is 26.5. The highest BCUT2D eigenvalue weighted by Crippen LogP contribution is 2.22. The first-order valence-corrected chi connectivity index (χ1v) is 8.29. The van der Waals surface area contributed by atoms with Crippen LogP contribution in [0.25, 0.3) is 0 Å². The third kappa shape index (κ3) is 3.15. The zero-order valence-corrected chi connectivity index (χ0v) is 14.4. The Hall–Kier alpha value is -3.01. The molecular weight excluding hydrogens is 318 g/mol. The molecule has 1 saturated heterocycles. The molecular formula is C18H21N5O2. The first kappa shape index (κ1) is 16.8. The van der Waals surface area contributed by atoms with E-state index in [1.165, 1.54) is 11.6 Å². The topological polar surface area (TPSA) is 83.1 Å². The first-order chi connectivity index (χ1) is 12.0. The molecule has 1 N–H and O–H groups in total. The molecule has 7 nitrogen and oxygen atoms in total. The summed E-state index contributed by atoms with van der Waals surface area (Å²) in [5.74, 6) is 0.412. The molecule has 2 heterocycles. The molecule has 1 fully saturated rings. The molecule has 7 heteroatoms. The summed E-state index contributed by atoms with van der Waals surface area (Å²) in [6, 6.07) is 12.1. The van der Waals surface area contributed by atoms with E-state index in [1.807, 2.05) is 41.3 Å². The number of para-hydroxylation sites is 1. The SMILES string of the molecule is Cn1c(N2CCCC(Nc3ccccc3)C2)c(C#N)c(=O)n(C)c1=O. The Morgan fingerprint density at radius 3 is 2.56 bits per heavy atom. The van der Waals surface area contributed by atoms with E-state index in [4.69, 9.17) is 0 Å². The lowest BCUT2D eigenvalue weighted by Gasteiger charge is -2.36. The summed E-state index contributed by atoms with van der Waals surface area (Å²) in [5.41, 5.74) is 0.0913. The van der Waals surface area contributed by atoms with E-state index >= 15 is 0 Å². The van der Waals surface area contributed by atoms with Crippen molar-refractivity contribution >= 4 is 11.5 Å². The zero-order chi connectivity index (χ0) is 18.0. The Morgan fingerprint density at radius 1 is 1.16 bits per heavy atom. The van der Waals surface area contributed by atoms with Gasteiger partial charge in [-0.15, -0.1) is 0 Å². The average molecular weight is 339 g/mol. The van der Waals surface area contributed by atoms with E-state index in [-0.39, 0.29) is 11.6 Å². The summed E-state index contributed by atoms with van der Waals surface area (Å²) in [6.07, 6.45) is 1.91. The number of rotatable bonds is 3. The second kappa shape index (κ2) is 6.85. The number of benzene rings is 1. The van der Waals surface area contributed by atoms with E-state index in [2.05, 4.69) is 5.32 Å². The van der Waals surface area contributed by atoms with Gasteiger partial charge in [-0.2, -0.15) is 5.26 Å². The van der Waals surface area contributed by atoms with Gasteiger partial charge in [0, 0.05) is 38.9 Å². The van der Waals surface area contributed by atoms with Gasteiger partial charge in [-0.3, -0.25) is 13.9 Å². The molecule has 0 aliphatic carbocycles. The van der Waals surface area contributed by atoms with Crippen LogP contribution in [0.3, 0.4) is 0 Å². The lowest BCUT2D eigenvalue weighted by molar-refractivity contribution is 0.515. The maximum atomic E-state index is 12.3. The predicted molar refractivity (Wildman–Crippen MR) is 96.9 cm³/mol. The third-order valence-electron chi connectivity index (χ3n) is 4.61. The van der Waals surface area contributed by atoms with Gasteiger partial charge >= 0.3 is 5.69 Å². The molecule has 0 spiro atoms. The molecule has 1 atom stereocenters. The summed E-state index contributed by atoms with van der Waals surface area (Å²) in [5, 5.41) is 12.9. The number of aromatic nitrogens is 2. The highest BCUT2D eigenvalue weighted by atomic mass is 16.2. The van der Waals surface area contributed by atoms with Crippen molar-refractivity contribution in [2.24, 2.45) is 14.1 Å². The van der Waals surface area contributed by atoms with Crippen LogP contribution in [-0.4, -0.2) is 28.3 Å². The monoisotopic (exact) mass is 339 g/mol. The van der Waals surface area contributed by atoms with Crippen molar-refractivity contribution in [2.75, 3.05) is 23.3 Å². The largest absolute Gasteiger partial charge is 0.381 e. The second-order valence-corrected chi connectivity index (χ2v) is 6.31. The van der Waals surface area contributed by atoms with Crippen LogP contribution in [0.5, 0.6) is 0 Å². The van der Waals surface area contributed by atoms with Gasteiger partial charge in [-0.25, -0.2) is 4.79 Å². The van der Waals surface area contributed by atoms with Crippen LogP contribution in [-0.2, 0) is 14.1 Å². The minimum Gasteiger partial charge on any atom is -0.381 e. The Balaban J connectivity index is 1.93. The van der Waals surface area contributed by atoms with Crippen molar-refractivity contribution in [3.05, 3.63) is 56.7 Å². The lowest BCUT2D eigenvalue weighted by Crippen LogP contribution is -2.47. The average Bonchev–Trinajstić information content (AvgIpc) is 2.64. The third-order valence-corrected chi connectivity index (χ3v) is 4.61. The second-order valence-electron chi connectivity index (χ2n) is 6.31. The van der Waals surface area contributed by atoms with Crippen molar-refractivity contribution < 1.29 is 0 Å². The van der Waals surface area contributed by atoms with E-state index in [9.17, 15) is 14.9 Å². The Morgan fingerprint density at radius 2 is 1.88 bits per heavy atom. The molecule has 130 valence electrons. The minimum absolute atomic E-state index is 0.0185. The molecule has 0 bridgehead atoms. The number of piperidine rings is 1. The number of nitriles is 1. The molecule has 1 aromatic carbocycles. The fourth-order valence-electron chi connectivity index (χ4n) is 3.36. The molecule has 1 aliphatic heterocycles. The van der Waals surface area contributed by atoms with Crippen LogP contribution >= 0.6 is 0 Å². The van der Waals surface area contributed by atoms with Gasteiger partial charge in [0.25, 0.3) is 5.56 Å². The minimum atomic E-state index is -0.543. The number of nitrogens with zero attached hydrogens (tertiary/aromatic N) is 4. The van der Waals surface area contributed by atoms with Crippen LogP contribution in [0, 0.1) is 11.3 Å². The van der Waals surface area contributed by atoms with Gasteiger partial charge in [0.05, 0.1) is 0 Å². The van der Waals surface area contributed by atoms with Crippen molar-refractivity contribution in [3.63, 3.8) is 0 Å². The van der Waals surface area contributed by atoms with Gasteiger partial charge in [-0.1, -0.05) is 18.2 Å². The van der Waals surface area contributed by atoms with E-state index in [0.29, 0.717) is 18.9 Å². The van der Waals surface area contributed by atoms with Crippen molar-refractivity contribution in [1.82, 2.24) is 9.13 Å². The number of nitrogens with one attached hydrogen (secondary N) is 1. The Labute approximate surface area is 145 Å². The fourth-order valence-corrected chi connectivity index (χ4v) is 3.36. The quantitative estimate of drug-likeness (QED) is 0.903. The van der Waals surface area contributed by atoms with Gasteiger partial charge in [0.2, 0.25) is 0 Å². The van der Waals surface area contributed by atoms with Crippen molar-refractivity contribution in [2.45, 2.75) is 18.9 Å². The molecule has 1 aliphatic rings. The first-order valence-electron chi connectivity index (χ1n) is 8.29. The molecule has 0 saturated carbocycles. The van der Waals surface area contributed by atoms with Gasteiger partial charge in [0.15, 0.2) is 5.56 Å².